The smallest absolute Gasteiger partial charge is 0.410 e. The number of carbonyl (C=O) groups excluding carboxylic acids is 4. The van der Waals surface area contributed by atoms with E-state index in [2.05, 4.69) is 16.0 Å². The first-order chi connectivity index (χ1) is 24.9. The van der Waals surface area contributed by atoms with Crippen molar-refractivity contribution < 1.29 is 68.2 Å². The highest BCUT2D eigenvalue weighted by Crippen LogP contribution is 2.32. The van der Waals surface area contributed by atoms with E-state index in [-0.39, 0.29) is 25.1 Å². The number of nitrogens with one attached hydrogen (secondary N) is 3. The molecule has 9 atom stereocenters. The Labute approximate surface area is 312 Å². The van der Waals surface area contributed by atoms with Crippen molar-refractivity contribution in [1.82, 2.24) is 20.9 Å². The lowest BCUT2D eigenvalue weighted by molar-refractivity contribution is -0.384. The maximum Gasteiger partial charge on any atom is 0.410 e. The summed E-state index contributed by atoms with van der Waals surface area (Å²) in [6.07, 6.45) is -10.7. The number of nitro benzene ring substituents is 1. The van der Waals surface area contributed by atoms with Gasteiger partial charge in [0.1, 0.15) is 41.7 Å². The molecule has 4 amide bonds. The number of hydrogen-bond donors (Lipinski definition) is 7. The van der Waals surface area contributed by atoms with Crippen LogP contribution in [0, 0.1) is 10.1 Å². The van der Waals surface area contributed by atoms with Crippen LogP contribution in [0.15, 0.2) is 24.3 Å². The van der Waals surface area contributed by atoms with Gasteiger partial charge in [-0.3, -0.25) is 14.9 Å². The Bertz CT molecular complexity index is 1480. The molecule has 1 saturated heterocycles. The molecule has 0 bridgehead atoms. The average molecular weight is 772 g/mol. The van der Waals surface area contributed by atoms with Crippen LogP contribution in [0.1, 0.15) is 66.9 Å². The summed E-state index contributed by atoms with van der Waals surface area (Å²) in [5.41, 5.74) is -3.19. The highest BCUT2D eigenvalue weighted by atomic mass is 16.7. The standard InChI is InChI=1S/C34H53N5O15/c1-32(2,3)53-29(44)35-15-23(41)27(43)37-21-13-19(36-30(45)50-16-18-9-11-20(12-10-18)39(48)49)14-22(40)25(21)52-28-24(42)26(34(7,47)17-51-28)38(8)31(46)54-33(4,5)6/h9-12,19,21-26,28,40-42,47H,13-17H2,1-8H3,(H,35,44)(H,36,45)(H,37,43)/t19-,21+,22-,23-,24+,25-,26+,28+,34-/m0/s1. The van der Waals surface area contributed by atoms with Crippen molar-refractivity contribution >= 4 is 29.9 Å². The molecule has 0 aromatic heterocycles. The SMILES string of the molecule is CN(C(=O)OC(C)(C)C)[C@@H]1[C@@H](O)[C@@H](O[C@@H]2[C@@H](O)C[C@@H](NC(=O)OCc3ccc([N+](=O)[O-])cc3)C[C@H]2NC(=O)[C@@H](O)CNC(=O)OC(C)(C)C)OC[C@]1(C)O. The summed E-state index contributed by atoms with van der Waals surface area (Å²) in [6.45, 7) is 9.97. The topological polar surface area (TPSA) is 278 Å². The third-order valence-corrected chi connectivity index (χ3v) is 8.32. The van der Waals surface area contributed by atoms with Crippen LogP contribution in [0.25, 0.3) is 0 Å². The van der Waals surface area contributed by atoms with Crippen molar-refractivity contribution in [3.8, 4) is 0 Å². The van der Waals surface area contributed by atoms with Crippen molar-refractivity contribution in [2.45, 2.75) is 134 Å². The summed E-state index contributed by atoms with van der Waals surface area (Å²) >= 11 is 0. The van der Waals surface area contributed by atoms with Crippen molar-refractivity contribution in [2.24, 2.45) is 0 Å². The van der Waals surface area contributed by atoms with Crippen molar-refractivity contribution in [3.63, 3.8) is 0 Å². The molecule has 0 radical (unpaired) electrons. The van der Waals surface area contributed by atoms with Crippen LogP contribution in [0.3, 0.4) is 0 Å². The molecular weight excluding hydrogens is 718 g/mol. The van der Waals surface area contributed by atoms with E-state index < -0.39 is 108 Å². The van der Waals surface area contributed by atoms with Crippen molar-refractivity contribution in [3.05, 3.63) is 39.9 Å². The van der Waals surface area contributed by atoms with Crippen LogP contribution in [0.4, 0.5) is 20.1 Å². The van der Waals surface area contributed by atoms with Gasteiger partial charge in [-0.25, -0.2) is 14.4 Å². The van der Waals surface area contributed by atoms with Gasteiger partial charge in [-0.2, -0.15) is 0 Å². The Kier molecular flexibility index (Phi) is 14.6. The normalized spacial score (nSPS) is 27.8. The molecule has 7 N–H and O–H groups in total. The number of non-ortho nitro benzene ring substituents is 1. The molecule has 20 heteroatoms. The van der Waals surface area contributed by atoms with E-state index >= 15 is 0 Å². The number of benzene rings is 1. The molecule has 54 heavy (non-hydrogen) atoms. The van der Waals surface area contributed by atoms with Crippen LogP contribution < -0.4 is 16.0 Å². The van der Waals surface area contributed by atoms with E-state index in [1.54, 1.807) is 41.5 Å². The van der Waals surface area contributed by atoms with Crippen molar-refractivity contribution in [2.75, 3.05) is 20.2 Å². The lowest BCUT2D eigenvalue weighted by Crippen LogP contribution is -2.68. The fraction of sp³-hybridized carbons (Fsp3) is 0.706. The van der Waals surface area contributed by atoms with E-state index in [1.165, 1.54) is 38.2 Å². The summed E-state index contributed by atoms with van der Waals surface area (Å²) in [5, 5.41) is 62.8. The minimum atomic E-state index is -1.80. The Morgan fingerprint density at radius 1 is 1.02 bits per heavy atom. The number of nitrogens with zero attached hydrogens (tertiary/aromatic N) is 2. The summed E-state index contributed by atoms with van der Waals surface area (Å²) < 4.78 is 27.5. The lowest BCUT2D eigenvalue weighted by atomic mass is 9.85. The first-order valence-electron chi connectivity index (χ1n) is 17.3. The molecule has 0 spiro atoms. The number of likely N-dealkylation sites (N-methyl/N-ethyl adjacent to an activating group) is 1. The molecule has 2 aliphatic rings. The predicted octanol–water partition coefficient (Wildman–Crippen LogP) is 0.804. The number of rotatable bonds is 11. The molecule has 0 unspecified atom stereocenters. The molecule has 3 rings (SSSR count). The van der Waals surface area contributed by atoms with Gasteiger partial charge in [-0.15, -0.1) is 0 Å². The number of hydrogen-bond acceptors (Lipinski definition) is 15. The van der Waals surface area contributed by atoms with Crippen LogP contribution in [0.2, 0.25) is 0 Å². The van der Waals surface area contributed by atoms with Gasteiger partial charge in [0.05, 0.1) is 36.3 Å². The highest BCUT2D eigenvalue weighted by molar-refractivity contribution is 5.82. The zero-order valence-electron chi connectivity index (χ0n) is 31.6. The van der Waals surface area contributed by atoms with E-state index in [1.807, 2.05) is 0 Å². The second-order valence-corrected chi connectivity index (χ2v) is 15.6. The minimum absolute atomic E-state index is 0.103. The van der Waals surface area contributed by atoms with Gasteiger partial charge in [0.25, 0.3) is 11.6 Å². The molecule has 1 aliphatic carbocycles. The Balaban J connectivity index is 1.77. The molecule has 1 heterocycles. The molecule has 2 fully saturated rings. The zero-order chi connectivity index (χ0) is 40.8. The largest absolute Gasteiger partial charge is 0.445 e. The number of ether oxygens (including phenoxy) is 5. The monoisotopic (exact) mass is 771 g/mol. The van der Waals surface area contributed by atoms with Gasteiger partial charge in [-0.1, -0.05) is 0 Å². The summed E-state index contributed by atoms with van der Waals surface area (Å²) in [7, 11) is 1.32. The number of aliphatic hydroxyl groups excluding tert-OH is 3. The van der Waals surface area contributed by atoms with Gasteiger partial charge < -0.3 is 65.0 Å². The third kappa shape index (κ3) is 12.9. The molecule has 304 valence electrons. The number of aliphatic hydroxyl groups is 4. The van der Waals surface area contributed by atoms with Crippen LogP contribution >= 0.6 is 0 Å². The highest BCUT2D eigenvalue weighted by Gasteiger charge is 2.52. The van der Waals surface area contributed by atoms with E-state index in [0.717, 1.165) is 4.90 Å². The number of alkyl carbamates (subject to hydrolysis) is 2. The molecule has 20 nitrogen and oxygen atoms in total. The Morgan fingerprint density at radius 2 is 1.63 bits per heavy atom. The van der Waals surface area contributed by atoms with Crippen LogP contribution in [-0.2, 0) is 35.1 Å². The average Bonchev–Trinajstić information content (AvgIpc) is 3.03. The first-order valence-corrected chi connectivity index (χ1v) is 17.3. The fourth-order valence-corrected chi connectivity index (χ4v) is 5.93. The molecule has 1 saturated carbocycles. The lowest BCUT2D eigenvalue weighted by Gasteiger charge is -2.49. The van der Waals surface area contributed by atoms with Crippen LogP contribution in [-0.4, -0.2) is 140 Å². The Morgan fingerprint density at radius 3 is 2.20 bits per heavy atom. The maximum atomic E-state index is 13.2. The zero-order valence-corrected chi connectivity index (χ0v) is 31.6. The predicted molar refractivity (Wildman–Crippen MR) is 187 cm³/mol. The van der Waals surface area contributed by atoms with Gasteiger partial charge >= 0.3 is 18.3 Å². The molecule has 1 aromatic rings. The summed E-state index contributed by atoms with van der Waals surface area (Å²) in [4.78, 5) is 62.3. The number of amides is 4. The molecule has 1 aromatic carbocycles. The quantitative estimate of drug-likeness (QED) is 0.0931. The first kappa shape index (κ1) is 44.1. The second kappa shape index (κ2) is 17.9. The fourth-order valence-electron chi connectivity index (χ4n) is 5.93. The van der Waals surface area contributed by atoms with E-state index in [9.17, 15) is 49.7 Å². The number of carbonyl (C=O) groups is 4. The van der Waals surface area contributed by atoms with E-state index in [0.29, 0.717) is 5.56 Å². The second-order valence-electron chi connectivity index (χ2n) is 15.6. The van der Waals surface area contributed by atoms with E-state index in [4.69, 9.17) is 23.7 Å². The summed E-state index contributed by atoms with van der Waals surface area (Å²) in [5.74, 6) is -0.992. The summed E-state index contributed by atoms with van der Waals surface area (Å²) in [6, 6.07) is 2.02. The number of nitro groups is 1. The maximum absolute atomic E-state index is 13.2. The van der Waals surface area contributed by atoms with Gasteiger partial charge in [-0.05, 0) is 79.0 Å². The van der Waals surface area contributed by atoms with Crippen molar-refractivity contribution in [1.29, 1.82) is 0 Å². The van der Waals surface area contributed by atoms with Crippen LogP contribution in [0.5, 0.6) is 0 Å². The molecule has 1 aliphatic heterocycles. The third-order valence-electron chi connectivity index (χ3n) is 8.32. The van der Waals surface area contributed by atoms with Gasteiger partial charge in [0.2, 0.25) is 0 Å². The minimum Gasteiger partial charge on any atom is -0.445 e. The molecular formula is C34H53N5O15. The van der Waals surface area contributed by atoms with Gasteiger partial charge in [0.15, 0.2) is 6.29 Å². The Hall–Kier alpha value is -4.34. The van der Waals surface area contributed by atoms with Gasteiger partial charge in [0, 0.05) is 25.2 Å².